The maximum Gasteiger partial charge on any atom is 0.315 e. The van der Waals surface area contributed by atoms with Crippen molar-refractivity contribution in [3.63, 3.8) is 0 Å². The summed E-state index contributed by atoms with van der Waals surface area (Å²) in [5.41, 5.74) is 3.74. The lowest BCUT2D eigenvalue weighted by Gasteiger charge is -2.30. The van der Waals surface area contributed by atoms with Gasteiger partial charge in [0.1, 0.15) is 11.6 Å². The summed E-state index contributed by atoms with van der Waals surface area (Å²) in [5.74, 6) is -3.18. The maximum atomic E-state index is 13.5. The number of hydrogen-bond donors (Lipinski definition) is 3. The molecule has 1 aliphatic carbocycles. The monoisotopic (exact) mass is 452 g/mol. The van der Waals surface area contributed by atoms with Crippen molar-refractivity contribution in [2.45, 2.75) is 63.6 Å². The molecule has 1 amide bonds. The number of amides is 1. The number of aliphatic hydroxyl groups is 1. The number of hydrogen-bond acceptors (Lipinski definition) is 3. The number of fused-ring (bicyclic) bond motifs is 1. The topological polar surface area (TPSA) is 61.4 Å². The van der Waals surface area contributed by atoms with E-state index < -0.39 is 36.1 Å². The van der Waals surface area contributed by atoms with Crippen LogP contribution in [0.3, 0.4) is 0 Å². The van der Waals surface area contributed by atoms with Gasteiger partial charge in [0.15, 0.2) is 0 Å². The van der Waals surface area contributed by atoms with E-state index in [1.165, 1.54) is 11.1 Å². The van der Waals surface area contributed by atoms with Crippen LogP contribution in [0.4, 0.5) is 17.6 Å². The van der Waals surface area contributed by atoms with Crippen molar-refractivity contribution >= 4 is 5.91 Å². The van der Waals surface area contributed by atoms with Crippen molar-refractivity contribution in [2.24, 2.45) is 0 Å². The number of rotatable bonds is 9. The van der Waals surface area contributed by atoms with Crippen LogP contribution in [0, 0.1) is 11.6 Å². The Hall–Kier alpha value is -2.45. The first-order valence-corrected chi connectivity index (χ1v) is 10.8. The summed E-state index contributed by atoms with van der Waals surface area (Å²) in [6.07, 6.45) is -1.01. The predicted octanol–water partition coefficient (Wildman–Crippen LogP) is 3.85. The largest absolute Gasteiger partial charge is 0.390 e. The van der Waals surface area contributed by atoms with Crippen LogP contribution >= 0.6 is 0 Å². The zero-order chi connectivity index (χ0) is 23.3. The van der Waals surface area contributed by atoms with Crippen LogP contribution in [0.1, 0.15) is 48.1 Å². The molecule has 4 nitrogen and oxygen atoms in total. The summed E-state index contributed by atoms with van der Waals surface area (Å²) < 4.78 is 52.7. The van der Waals surface area contributed by atoms with Crippen LogP contribution in [0.15, 0.2) is 36.4 Å². The van der Waals surface area contributed by atoms with E-state index >= 15 is 0 Å². The normalized spacial score (nSPS) is 17.7. The molecule has 0 aromatic heterocycles. The van der Waals surface area contributed by atoms with Crippen molar-refractivity contribution in [2.75, 3.05) is 6.54 Å². The molecule has 2 aromatic carbocycles. The Morgan fingerprint density at radius 2 is 1.84 bits per heavy atom. The minimum atomic E-state index is -3.26. The molecule has 0 bridgehead atoms. The van der Waals surface area contributed by atoms with Gasteiger partial charge in [0, 0.05) is 18.7 Å². The summed E-state index contributed by atoms with van der Waals surface area (Å²) in [5, 5.41) is 16.1. The molecule has 174 valence electrons. The van der Waals surface area contributed by atoms with E-state index in [4.69, 9.17) is 0 Å². The highest BCUT2D eigenvalue weighted by Crippen LogP contribution is 2.30. The number of benzene rings is 2. The maximum absolute atomic E-state index is 13.5. The van der Waals surface area contributed by atoms with Gasteiger partial charge in [-0.1, -0.05) is 25.1 Å². The Kier molecular flexibility index (Phi) is 8.26. The minimum absolute atomic E-state index is 0.0158. The summed E-state index contributed by atoms with van der Waals surface area (Å²) in [7, 11) is 0. The first-order chi connectivity index (χ1) is 15.3. The molecule has 1 aliphatic rings. The zero-order valence-corrected chi connectivity index (χ0v) is 17.9. The third-order valence-corrected chi connectivity index (χ3v) is 5.87. The molecule has 0 heterocycles. The van der Waals surface area contributed by atoms with E-state index in [0.717, 1.165) is 43.4 Å². The second kappa shape index (κ2) is 10.9. The lowest BCUT2D eigenvalue weighted by molar-refractivity contribution is -0.133. The van der Waals surface area contributed by atoms with Crippen LogP contribution in [0.2, 0.25) is 0 Å². The zero-order valence-electron chi connectivity index (χ0n) is 17.9. The van der Waals surface area contributed by atoms with Gasteiger partial charge >= 0.3 is 6.43 Å². The van der Waals surface area contributed by atoms with E-state index in [-0.39, 0.29) is 24.6 Å². The second-order valence-corrected chi connectivity index (χ2v) is 8.20. The SMILES string of the molecule is CCc1ccc2c(c1)[C@@H](NC[C@@H](O)[C@H](Cc1cc(F)cc(F)c1)NC(=O)C(F)F)CCC2. The Labute approximate surface area is 185 Å². The van der Waals surface area contributed by atoms with Crippen LogP contribution in [0.25, 0.3) is 0 Å². The van der Waals surface area contributed by atoms with Gasteiger partial charge in [-0.2, -0.15) is 8.78 Å². The van der Waals surface area contributed by atoms with Gasteiger partial charge in [-0.3, -0.25) is 4.79 Å². The molecular formula is C24H28F4N2O2. The minimum Gasteiger partial charge on any atom is -0.390 e. The molecule has 3 rings (SSSR count). The summed E-state index contributed by atoms with van der Waals surface area (Å²) in [4.78, 5) is 11.6. The first-order valence-electron chi connectivity index (χ1n) is 10.8. The smallest absolute Gasteiger partial charge is 0.315 e. The van der Waals surface area contributed by atoms with Gasteiger partial charge in [-0.05, 0) is 66.5 Å². The highest BCUT2D eigenvalue weighted by atomic mass is 19.3. The number of nitrogens with one attached hydrogen (secondary N) is 2. The number of aryl methyl sites for hydroxylation is 2. The van der Waals surface area contributed by atoms with Crippen molar-refractivity contribution in [1.29, 1.82) is 0 Å². The molecule has 0 aliphatic heterocycles. The van der Waals surface area contributed by atoms with E-state index in [2.05, 4.69) is 35.8 Å². The van der Waals surface area contributed by atoms with Crippen molar-refractivity contribution < 1.29 is 27.5 Å². The van der Waals surface area contributed by atoms with Crippen molar-refractivity contribution in [3.8, 4) is 0 Å². The Balaban J connectivity index is 1.72. The fourth-order valence-corrected chi connectivity index (χ4v) is 4.20. The number of alkyl halides is 2. The molecule has 0 saturated carbocycles. The molecule has 3 N–H and O–H groups in total. The number of halogens is 4. The molecule has 3 atom stereocenters. The fourth-order valence-electron chi connectivity index (χ4n) is 4.20. The lowest BCUT2D eigenvalue weighted by Crippen LogP contribution is -2.50. The van der Waals surface area contributed by atoms with E-state index in [1.807, 2.05) is 0 Å². The Morgan fingerprint density at radius 1 is 1.12 bits per heavy atom. The highest BCUT2D eigenvalue weighted by molar-refractivity contribution is 5.79. The number of carbonyl (C=O) groups excluding carboxylic acids is 1. The molecule has 0 saturated heterocycles. The van der Waals surface area contributed by atoms with Crippen molar-refractivity contribution in [3.05, 3.63) is 70.3 Å². The summed E-state index contributed by atoms with van der Waals surface area (Å²) >= 11 is 0. The van der Waals surface area contributed by atoms with Gasteiger partial charge in [0.05, 0.1) is 12.1 Å². The molecule has 8 heteroatoms. The first kappa shape index (κ1) is 24.2. The average molecular weight is 452 g/mol. The van der Waals surface area contributed by atoms with Crippen LogP contribution in [-0.4, -0.2) is 36.1 Å². The van der Waals surface area contributed by atoms with Crippen LogP contribution < -0.4 is 10.6 Å². The molecule has 32 heavy (non-hydrogen) atoms. The highest BCUT2D eigenvalue weighted by Gasteiger charge is 2.28. The van der Waals surface area contributed by atoms with E-state index in [1.54, 1.807) is 0 Å². The Morgan fingerprint density at radius 3 is 2.50 bits per heavy atom. The summed E-state index contributed by atoms with van der Waals surface area (Å²) in [6.45, 7) is 2.09. The molecule has 0 spiro atoms. The van der Waals surface area contributed by atoms with E-state index in [9.17, 15) is 27.5 Å². The van der Waals surface area contributed by atoms with E-state index in [0.29, 0.717) is 6.07 Å². The third-order valence-electron chi connectivity index (χ3n) is 5.87. The third kappa shape index (κ3) is 6.29. The molecule has 0 unspecified atom stereocenters. The molecular weight excluding hydrogens is 424 g/mol. The average Bonchev–Trinajstić information content (AvgIpc) is 2.75. The van der Waals surface area contributed by atoms with Crippen molar-refractivity contribution in [1.82, 2.24) is 10.6 Å². The van der Waals surface area contributed by atoms with Gasteiger partial charge in [0.2, 0.25) is 0 Å². The standard InChI is InChI=1S/C24H28F4N2O2/c1-2-14-6-7-16-4-3-5-20(19(16)10-14)29-13-22(31)21(30-24(32)23(27)28)11-15-8-17(25)12-18(26)9-15/h6-10,12,20-23,29,31H,2-5,11,13H2,1H3,(H,30,32)/t20-,21-,22+/m0/s1. The fraction of sp³-hybridized carbons (Fsp3) is 0.458. The van der Waals surface area contributed by atoms with Gasteiger partial charge in [0.25, 0.3) is 5.91 Å². The quantitative estimate of drug-likeness (QED) is 0.507. The second-order valence-electron chi connectivity index (χ2n) is 8.20. The summed E-state index contributed by atoms with van der Waals surface area (Å²) in [6, 6.07) is 7.99. The van der Waals surface area contributed by atoms with Gasteiger partial charge in [-0.25, -0.2) is 8.78 Å². The Bertz CT molecular complexity index is 918. The molecule has 0 fully saturated rings. The number of carbonyl (C=O) groups is 1. The van der Waals surface area contributed by atoms with Gasteiger partial charge < -0.3 is 15.7 Å². The predicted molar refractivity (Wildman–Crippen MR) is 114 cm³/mol. The molecule has 2 aromatic rings. The number of aliphatic hydroxyl groups excluding tert-OH is 1. The van der Waals surface area contributed by atoms with Gasteiger partial charge in [-0.15, -0.1) is 0 Å². The molecule has 0 radical (unpaired) electrons. The van der Waals surface area contributed by atoms with Crippen LogP contribution in [0.5, 0.6) is 0 Å². The lowest BCUT2D eigenvalue weighted by atomic mass is 9.86. The van der Waals surface area contributed by atoms with Crippen LogP contribution in [-0.2, 0) is 24.1 Å².